The van der Waals surface area contributed by atoms with Crippen LogP contribution in [-0.4, -0.2) is 27.4 Å². The monoisotopic (exact) mass is 299 g/mol. The van der Waals surface area contributed by atoms with Gasteiger partial charge in [-0.1, -0.05) is 12.1 Å². The molecule has 0 aliphatic carbocycles. The number of benzene rings is 1. The van der Waals surface area contributed by atoms with E-state index in [1.54, 1.807) is 25.1 Å². The van der Waals surface area contributed by atoms with Crippen LogP contribution < -0.4 is 15.8 Å². The molecule has 1 aromatic carbocycles. The lowest BCUT2D eigenvalue weighted by molar-refractivity contribution is -0.120. The van der Waals surface area contributed by atoms with Gasteiger partial charge in [-0.2, -0.15) is 0 Å². The van der Waals surface area contributed by atoms with Crippen LogP contribution in [0, 0.1) is 6.92 Å². The maximum atomic E-state index is 12.2. The molecule has 1 rings (SSSR count). The van der Waals surface area contributed by atoms with E-state index >= 15 is 0 Å². The number of carbonyl (C=O) groups is 1. The van der Waals surface area contributed by atoms with Crippen LogP contribution >= 0.6 is 0 Å². The van der Waals surface area contributed by atoms with E-state index in [0.717, 1.165) is 5.56 Å². The molecule has 0 aromatic heterocycles. The van der Waals surface area contributed by atoms with Crippen molar-refractivity contribution in [2.45, 2.75) is 31.7 Å². The van der Waals surface area contributed by atoms with Gasteiger partial charge in [0.15, 0.2) is 0 Å². The number of aryl methyl sites for hydroxylation is 1. The van der Waals surface area contributed by atoms with Gasteiger partial charge < -0.3 is 11.1 Å². The zero-order valence-electron chi connectivity index (χ0n) is 11.8. The molecule has 4 N–H and O–H groups in total. The van der Waals surface area contributed by atoms with E-state index in [1.165, 1.54) is 0 Å². The van der Waals surface area contributed by atoms with Crippen LogP contribution in [0.2, 0.25) is 0 Å². The summed E-state index contributed by atoms with van der Waals surface area (Å²) < 4.78 is 26.8. The molecule has 0 atom stereocenters. The van der Waals surface area contributed by atoms with Crippen molar-refractivity contribution in [3.05, 3.63) is 29.3 Å². The van der Waals surface area contributed by atoms with Crippen LogP contribution in [0.25, 0.3) is 0 Å². The second-order valence-electron chi connectivity index (χ2n) is 4.41. The molecule has 0 unspecified atom stereocenters. The largest absolute Gasteiger partial charge is 0.356 e. The Labute approximate surface area is 119 Å². The van der Waals surface area contributed by atoms with Crippen molar-refractivity contribution in [1.29, 1.82) is 0 Å². The van der Waals surface area contributed by atoms with Gasteiger partial charge in [-0.25, -0.2) is 13.1 Å². The van der Waals surface area contributed by atoms with Crippen molar-refractivity contribution in [3.8, 4) is 0 Å². The van der Waals surface area contributed by atoms with Gasteiger partial charge in [-0.05, 0) is 31.0 Å². The number of nitrogens with one attached hydrogen (secondary N) is 2. The van der Waals surface area contributed by atoms with Gasteiger partial charge in [0, 0.05) is 26.1 Å². The Kier molecular flexibility index (Phi) is 6.12. The Hall–Kier alpha value is -1.44. The van der Waals surface area contributed by atoms with Gasteiger partial charge in [0.1, 0.15) is 0 Å². The summed E-state index contributed by atoms with van der Waals surface area (Å²) in [6.07, 6.45) is 0.114. The number of amides is 1. The fourth-order valence-corrected chi connectivity index (χ4v) is 3.05. The normalized spacial score (nSPS) is 11.3. The fourth-order valence-electron chi connectivity index (χ4n) is 1.72. The maximum absolute atomic E-state index is 12.2. The third-order valence-corrected chi connectivity index (χ3v) is 4.40. The van der Waals surface area contributed by atoms with Gasteiger partial charge >= 0.3 is 0 Å². The van der Waals surface area contributed by atoms with Gasteiger partial charge in [0.25, 0.3) is 0 Å². The standard InChI is InChI=1S/C13H21N3O3S/c1-3-15-13(17)6-7-16-20(18,19)12-8-11(9-14)5-4-10(12)2/h4-5,8,16H,3,6-7,9,14H2,1-2H3,(H,15,17). The lowest BCUT2D eigenvalue weighted by Gasteiger charge is -2.10. The number of carbonyl (C=O) groups excluding carboxylic acids is 1. The maximum Gasteiger partial charge on any atom is 0.240 e. The van der Waals surface area contributed by atoms with Crippen LogP contribution in [0.15, 0.2) is 23.1 Å². The van der Waals surface area contributed by atoms with Crippen molar-refractivity contribution in [1.82, 2.24) is 10.0 Å². The van der Waals surface area contributed by atoms with Crippen LogP contribution in [0.3, 0.4) is 0 Å². The quantitative estimate of drug-likeness (QED) is 0.672. The summed E-state index contributed by atoms with van der Waals surface area (Å²) in [5, 5.41) is 2.61. The molecule has 0 radical (unpaired) electrons. The number of rotatable bonds is 7. The summed E-state index contributed by atoms with van der Waals surface area (Å²) in [7, 11) is -3.62. The van der Waals surface area contributed by atoms with Gasteiger partial charge in [-0.3, -0.25) is 4.79 Å². The highest BCUT2D eigenvalue weighted by atomic mass is 32.2. The predicted octanol–water partition coefficient (Wildman–Crippen LogP) is 0.258. The van der Waals surface area contributed by atoms with Crippen molar-refractivity contribution in [2.75, 3.05) is 13.1 Å². The Morgan fingerprint density at radius 2 is 2.05 bits per heavy atom. The Morgan fingerprint density at radius 1 is 1.35 bits per heavy atom. The lowest BCUT2D eigenvalue weighted by Crippen LogP contribution is -2.31. The molecule has 1 aromatic rings. The van der Waals surface area contributed by atoms with Crippen molar-refractivity contribution < 1.29 is 13.2 Å². The van der Waals surface area contributed by atoms with E-state index in [9.17, 15) is 13.2 Å². The minimum atomic E-state index is -3.62. The predicted molar refractivity (Wildman–Crippen MR) is 77.6 cm³/mol. The molecule has 112 valence electrons. The molecule has 0 bridgehead atoms. The summed E-state index contributed by atoms with van der Waals surface area (Å²) in [5.74, 6) is -0.178. The first kappa shape index (κ1) is 16.6. The Bertz CT molecular complexity index is 570. The van der Waals surface area contributed by atoms with E-state index in [1.807, 2.05) is 6.92 Å². The average molecular weight is 299 g/mol. The van der Waals surface area contributed by atoms with E-state index < -0.39 is 10.0 Å². The van der Waals surface area contributed by atoms with Gasteiger partial charge in [0.2, 0.25) is 15.9 Å². The Morgan fingerprint density at radius 3 is 2.65 bits per heavy atom. The molecular weight excluding hydrogens is 278 g/mol. The zero-order valence-corrected chi connectivity index (χ0v) is 12.6. The van der Waals surface area contributed by atoms with E-state index in [-0.39, 0.29) is 30.3 Å². The summed E-state index contributed by atoms with van der Waals surface area (Å²) in [4.78, 5) is 11.5. The number of nitrogens with two attached hydrogens (primary N) is 1. The molecule has 0 saturated heterocycles. The van der Waals surface area contributed by atoms with Crippen LogP contribution in [0.5, 0.6) is 0 Å². The average Bonchev–Trinajstić information content (AvgIpc) is 2.39. The smallest absolute Gasteiger partial charge is 0.240 e. The minimum absolute atomic E-state index is 0.0699. The fraction of sp³-hybridized carbons (Fsp3) is 0.462. The Balaban J connectivity index is 2.76. The molecular formula is C13H21N3O3S. The van der Waals surface area contributed by atoms with Crippen molar-refractivity contribution in [2.24, 2.45) is 5.73 Å². The molecule has 0 saturated carbocycles. The minimum Gasteiger partial charge on any atom is -0.356 e. The topological polar surface area (TPSA) is 101 Å². The van der Waals surface area contributed by atoms with E-state index in [4.69, 9.17) is 5.73 Å². The summed E-state index contributed by atoms with van der Waals surface area (Å²) in [5.41, 5.74) is 6.91. The van der Waals surface area contributed by atoms with Crippen molar-refractivity contribution in [3.63, 3.8) is 0 Å². The highest BCUT2D eigenvalue weighted by molar-refractivity contribution is 7.89. The third-order valence-electron chi connectivity index (χ3n) is 2.80. The molecule has 6 nitrogen and oxygen atoms in total. The van der Waals surface area contributed by atoms with Crippen LogP contribution in [0.1, 0.15) is 24.5 Å². The molecule has 0 aliphatic rings. The molecule has 20 heavy (non-hydrogen) atoms. The molecule has 0 fully saturated rings. The third kappa shape index (κ3) is 4.59. The second-order valence-corrected chi connectivity index (χ2v) is 6.14. The van der Waals surface area contributed by atoms with E-state index in [2.05, 4.69) is 10.0 Å². The van der Waals surface area contributed by atoms with Crippen LogP contribution in [0.4, 0.5) is 0 Å². The second kappa shape index (κ2) is 7.37. The molecule has 1 amide bonds. The summed E-state index contributed by atoms with van der Waals surface area (Å²) in [6, 6.07) is 5.08. The number of hydrogen-bond acceptors (Lipinski definition) is 4. The molecule has 0 spiro atoms. The van der Waals surface area contributed by atoms with Crippen LogP contribution in [-0.2, 0) is 21.4 Å². The molecule has 0 aliphatic heterocycles. The first-order valence-electron chi connectivity index (χ1n) is 6.46. The zero-order chi connectivity index (χ0) is 15.2. The molecule has 0 heterocycles. The number of hydrogen-bond donors (Lipinski definition) is 3. The summed E-state index contributed by atoms with van der Waals surface area (Å²) in [6.45, 7) is 4.41. The van der Waals surface area contributed by atoms with Gasteiger partial charge in [-0.15, -0.1) is 0 Å². The molecule has 7 heteroatoms. The van der Waals surface area contributed by atoms with Crippen molar-refractivity contribution >= 4 is 15.9 Å². The highest BCUT2D eigenvalue weighted by Gasteiger charge is 2.17. The number of sulfonamides is 1. The first-order chi connectivity index (χ1) is 9.40. The lowest BCUT2D eigenvalue weighted by atomic mass is 10.1. The summed E-state index contributed by atoms with van der Waals surface area (Å²) >= 11 is 0. The highest BCUT2D eigenvalue weighted by Crippen LogP contribution is 2.16. The SMILES string of the molecule is CCNC(=O)CCNS(=O)(=O)c1cc(CN)ccc1C. The van der Waals surface area contributed by atoms with E-state index in [0.29, 0.717) is 12.1 Å². The van der Waals surface area contributed by atoms with Gasteiger partial charge in [0.05, 0.1) is 4.90 Å². The first-order valence-corrected chi connectivity index (χ1v) is 7.95.